The first-order valence-corrected chi connectivity index (χ1v) is 4.62. The Morgan fingerprint density at radius 2 is 2.00 bits per heavy atom. The number of hydrogen-bond donors (Lipinski definition) is 1. The van der Waals surface area contributed by atoms with Crippen LogP contribution in [0.4, 0.5) is 0 Å². The van der Waals surface area contributed by atoms with Crippen LogP contribution >= 0.6 is 0 Å². The first kappa shape index (κ1) is 12.7. The fraction of sp³-hybridized carbons (Fsp3) is 0.0909. The molecule has 1 heterocycles. The Labute approximate surface area is 111 Å². The zero-order chi connectivity index (χ0) is 10.7. The number of rotatable bonds is 2. The van der Waals surface area contributed by atoms with Crippen molar-refractivity contribution < 1.29 is 33.8 Å². The SMILES string of the molecule is Cn1c[n+](-c2ccccc2)cc1/C=N/O.[I-]. The third-order valence-corrected chi connectivity index (χ3v) is 2.22. The Bertz CT molecular complexity index is 479. The number of aryl methyl sites for hydroxylation is 1. The summed E-state index contributed by atoms with van der Waals surface area (Å²) in [6.45, 7) is 0. The minimum absolute atomic E-state index is 0. The van der Waals surface area contributed by atoms with Crippen LogP contribution in [0.5, 0.6) is 0 Å². The van der Waals surface area contributed by atoms with Crippen molar-refractivity contribution >= 4 is 6.21 Å². The Morgan fingerprint density at radius 1 is 1.31 bits per heavy atom. The average molecular weight is 329 g/mol. The van der Waals surface area contributed by atoms with Gasteiger partial charge in [0.15, 0.2) is 5.69 Å². The number of hydrogen-bond acceptors (Lipinski definition) is 2. The van der Waals surface area contributed by atoms with Crippen LogP contribution in [0.1, 0.15) is 5.69 Å². The number of benzene rings is 1. The number of halogens is 1. The highest BCUT2D eigenvalue weighted by Crippen LogP contribution is 1.99. The van der Waals surface area contributed by atoms with Crippen molar-refractivity contribution in [3.05, 3.63) is 48.5 Å². The van der Waals surface area contributed by atoms with E-state index >= 15 is 0 Å². The molecule has 84 valence electrons. The fourth-order valence-electron chi connectivity index (χ4n) is 1.45. The van der Waals surface area contributed by atoms with Crippen molar-refractivity contribution in [1.82, 2.24) is 4.57 Å². The minimum Gasteiger partial charge on any atom is -1.00 e. The van der Waals surface area contributed by atoms with Crippen molar-refractivity contribution in [1.29, 1.82) is 0 Å². The Hall–Kier alpha value is -1.37. The lowest BCUT2D eigenvalue weighted by Gasteiger charge is -1.91. The smallest absolute Gasteiger partial charge is 0.249 e. The molecule has 1 aromatic carbocycles. The second-order valence-electron chi connectivity index (χ2n) is 3.27. The van der Waals surface area contributed by atoms with Crippen molar-refractivity contribution in [2.75, 3.05) is 0 Å². The molecule has 16 heavy (non-hydrogen) atoms. The highest BCUT2D eigenvalue weighted by molar-refractivity contribution is 5.75. The molecule has 2 aromatic rings. The van der Waals surface area contributed by atoms with Gasteiger partial charge in [0.25, 0.3) is 0 Å². The largest absolute Gasteiger partial charge is 1.00 e. The van der Waals surface area contributed by atoms with E-state index in [9.17, 15) is 0 Å². The summed E-state index contributed by atoms with van der Waals surface area (Å²) in [5.41, 5.74) is 1.91. The van der Waals surface area contributed by atoms with E-state index in [1.54, 1.807) is 0 Å². The van der Waals surface area contributed by atoms with Crippen LogP contribution in [0.3, 0.4) is 0 Å². The molecule has 0 aliphatic carbocycles. The summed E-state index contributed by atoms with van der Waals surface area (Å²) in [4.78, 5) is 0. The van der Waals surface area contributed by atoms with E-state index in [1.807, 2.05) is 59.0 Å². The van der Waals surface area contributed by atoms with Gasteiger partial charge in [-0.1, -0.05) is 23.4 Å². The van der Waals surface area contributed by atoms with E-state index in [1.165, 1.54) is 6.21 Å². The van der Waals surface area contributed by atoms with E-state index in [0.717, 1.165) is 11.4 Å². The van der Waals surface area contributed by atoms with Crippen LogP contribution in [0.15, 0.2) is 48.0 Å². The lowest BCUT2D eigenvalue weighted by atomic mass is 10.3. The molecular weight excluding hydrogens is 317 g/mol. The Kier molecular flexibility index (Phi) is 4.48. The molecule has 0 aliphatic heterocycles. The Morgan fingerprint density at radius 3 is 2.62 bits per heavy atom. The van der Waals surface area contributed by atoms with Gasteiger partial charge in [-0.3, -0.25) is 0 Å². The number of nitrogens with zero attached hydrogens (tertiary/aromatic N) is 3. The van der Waals surface area contributed by atoms with E-state index in [0.29, 0.717) is 0 Å². The third-order valence-electron chi connectivity index (χ3n) is 2.22. The Balaban J connectivity index is 0.00000128. The normalized spacial score (nSPS) is 10.3. The zero-order valence-electron chi connectivity index (χ0n) is 8.79. The van der Waals surface area contributed by atoms with E-state index in [4.69, 9.17) is 5.21 Å². The van der Waals surface area contributed by atoms with Crippen LogP contribution in [0, 0.1) is 0 Å². The molecule has 1 N–H and O–H groups in total. The predicted octanol–water partition coefficient (Wildman–Crippen LogP) is -1.89. The summed E-state index contributed by atoms with van der Waals surface area (Å²) >= 11 is 0. The summed E-state index contributed by atoms with van der Waals surface area (Å²) in [5.74, 6) is 0. The van der Waals surface area contributed by atoms with Crippen molar-refractivity contribution in [3.63, 3.8) is 0 Å². The lowest BCUT2D eigenvalue weighted by Crippen LogP contribution is -3.00. The molecule has 0 bridgehead atoms. The minimum atomic E-state index is 0. The molecule has 0 unspecified atom stereocenters. The van der Waals surface area contributed by atoms with E-state index < -0.39 is 0 Å². The van der Waals surface area contributed by atoms with Crippen LogP contribution in [-0.4, -0.2) is 16.0 Å². The number of para-hydroxylation sites is 1. The van der Waals surface area contributed by atoms with Crippen molar-refractivity contribution in [2.45, 2.75) is 0 Å². The topological polar surface area (TPSA) is 41.4 Å². The third kappa shape index (κ3) is 2.60. The molecule has 0 saturated carbocycles. The van der Waals surface area contributed by atoms with E-state index in [-0.39, 0.29) is 24.0 Å². The van der Waals surface area contributed by atoms with Gasteiger partial charge in [0, 0.05) is 0 Å². The molecule has 4 nitrogen and oxygen atoms in total. The molecule has 0 aliphatic rings. The number of imidazole rings is 1. The highest BCUT2D eigenvalue weighted by Gasteiger charge is 2.09. The summed E-state index contributed by atoms with van der Waals surface area (Å²) in [5, 5.41) is 11.5. The van der Waals surface area contributed by atoms with Crippen LogP contribution in [0.2, 0.25) is 0 Å². The van der Waals surface area contributed by atoms with Crippen molar-refractivity contribution in [2.24, 2.45) is 12.2 Å². The predicted molar refractivity (Wildman–Crippen MR) is 56.3 cm³/mol. The van der Waals surface area contributed by atoms with Crippen molar-refractivity contribution in [3.8, 4) is 5.69 Å². The van der Waals surface area contributed by atoms with Gasteiger partial charge in [-0.25, -0.2) is 9.13 Å². The van der Waals surface area contributed by atoms with Gasteiger partial charge in [-0.15, -0.1) is 0 Å². The number of aromatic nitrogens is 2. The second kappa shape index (κ2) is 5.64. The average Bonchev–Trinajstić information content (AvgIpc) is 2.63. The van der Waals surface area contributed by atoms with Crippen LogP contribution in [-0.2, 0) is 7.05 Å². The maximum atomic E-state index is 8.47. The van der Waals surface area contributed by atoms with Gasteiger partial charge in [0.2, 0.25) is 6.33 Å². The van der Waals surface area contributed by atoms with E-state index in [2.05, 4.69) is 5.16 Å². The molecule has 0 saturated heterocycles. The summed E-state index contributed by atoms with van der Waals surface area (Å²) < 4.78 is 3.85. The van der Waals surface area contributed by atoms with Crippen LogP contribution in [0.25, 0.3) is 5.69 Å². The van der Waals surface area contributed by atoms with Gasteiger partial charge < -0.3 is 29.2 Å². The monoisotopic (exact) mass is 329 g/mol. The standard InChI is InChI=1S/C11H11N3O.HI/c1-13-9-14(8-11(13)7-12-15)10-5-3-2-4-6-10;/h2-9H,1H3;1H/b12-7+;. The van der Waals surface area contributed by atoms with Gasteiger partial charge in [0.1, 0.15) is 18.1 Å². The molecule has 0 atom stereocenters. The molecule has 1 aromatic heterocycles. The molecule has 2 rings (SSSR count). The summed E-state index contributed by atoms with van der Waals surface area (Å²) in [6.07, 6.45) is 5.22. The van der Waals surface area contributed by atoms with Crippen LogP contribution < -0.4 is 28.5 Å². The molecule has 0 amide bonds. The summed E-state index contributed by atoms with van der Waals surface area (Å²) in [6, 6.07) is 9.97. The summed E-state index contributed by atoms with van der Waals surface area (Å²) in [7, 11) is 1.90. The molecule has 5 heteroatoms. The lowest BCUT2D eigenvalue weighted by molar-refractivity contribution is -0.595. The molecule has 0 fully saturated rings. The fourth-order valence-corrected chi connectivity index (χ4v) is 1.45. The van der Waals surface area contributed by atoms with Gasteiger partial charge in [-0.05, 0) is 12.1 Å². The molecule has 0 spiro atoms. The molecule has 0 radical (unpaired) electrons. The highest BCUT2D eigenvalue weighted by atomic mass is 127. The second-order valence-corrected chi connectivity index (χ2v) is 3.27. The quantitative estimate of drug-likeness (QED) is 0.226. The first-order chi connectivity index (χ1) is 7.31. The van der Waals surface area contributed by atoms with Gasteiger partial charge >= 0.3 is 0 Å². The number of oxime groups is 1. The zero-order valence-corrected chi connectivity index (χ0v) is 10.9. The maximum absolute atomic E-state index is 8.47. The molecular formula is C11H12IN3O. The maximum Gasteiger partial charge on any atom is 0.249 e. The van der Waals surface area contributed by atoms with Gasteiger partial charge in [-0.2, -0.15) is 0 Å². The first-order valence-electron chi connectivity index (χ1n) is 4.62. The van der Waals surface area contributed by atoms with Gasteiger partial charge in [0.05, 0.1) is 7.05 Å².